The number of amides is 1. The number of nitrogens with one attached hydrogen (secondary N) is 1. The van der Waals surface area contributed by atoms with Gasteiger partial charge in [0, 0.05) is 11.3 Å². The van der Waals surface area contributed by atoms with Crippen LogP contribution in [-0.4, -0.2) is 5.91 Å². The second-order valence-corrected chi connectivity index (χ2v) is 5.16. The van der Waals surface area contributed by atoms with Crippen LogP contribution in [0.5, 0.6) is 0 Å². The minimum Gasteiger partial charge on any atom is -0.321 e. The van der Waals surface area contributed by atoms with E-state index in [0.29, 0.717) is 0 Å². The number of benzene rings is 2. The average Bonchev–Trinajstić information content (AvgIpc) is 2.44. The Morgan fingerprint density at radius 2 is 1.65 bits per heavy atom. The lowest BCUT2D eigenvalue weighted by Gasteiger charge is -2.14. The number of hydrogen-bond donors (Lipinski definition) is 1. The van der Waals surface area contributed by atoms with Crippen LogP contribution in [0.4, 0.5) is 5.69 Å². The molecule has 20 heavy (non-hydrogen) atoms. The quantitative estimate of drug-likeness (QED) is 0.876. The molecular weight excluding hydrogens is 246 g/mol. The van der Waals surface area contributed by atoms with Gasteiger partial charge in [-0.15, -0.1) is 0 Å². The zero-order chi connectivity index (χ0) is 14.7. The molecule has 0 bridgehead atoms. The summed E-state index contributed by atoms with van der Waals surface area (Å²) in [6.07, 6.45) is 0.907. The Balaban J connectivity index is 2.35. The van der Waals surface area contributed by atoms with E-state index in [1.807, 2.05) is 51.1 Å². The summed E-state index contributed by atoms with van der Waals surface area (Å²) in [5.41, 5.74) is 6.14. The van der Waals surface area contributed by atoms with Crippen molar-refractivity contribution in [3.8, 4) is 0 Å². The maximum atomic E-state index is 12.5. The normalized spacial score (nSPS) is 10.4. The van der Waals surface area contributed by atoms with Gasteiger partial charge < -0.3 is 5.32 Å². The van der Waals surface area contributed by atoms with Crippen LogP contribution < -0.4 is 5.32 Å². The van der Waals surface area contributed by atoms with E-state index in [0.717, 1.165) is 34.4 Å². The fourth-order valence-electron chi connectivity index (χ4n) is 2.38. The van der Waals surface area contributed by atoms with Gasteiger partial charge in [-0.2, -0.15) is 0 Å². The van der Waals surface area contributed by atoms with Gasteiger partial charge in [0.15, 0.2) is 0 Å². The summed E-state index contributed by atoms with van der Waals surface area (Å²) >= 11 is 0. The topological polar surface area (TPSA) is 29.1 Å². The van der Waals surface area contributed by atoms with Crippen molar-refractivity contribution < 1.29 is 4.79 Å². The molecule has 1 N–H and O–H groups in total. The third-order valence-corrected chi connectivity index (χ3v) is 3.83. The zero-order valence-corrected chi connectivity index (χ0v) is 12.6. The Hall–Kier alpha value is -2.09. The van der Waals surface area contributed by atoms with E-state index < -0.39 is 0 Å². The third kappa shape index (κ3) is 2.74. The van der Waals surface area contributed by atoms with Crippen LogP contribution >= 0.6 is 0 Å². The first kappa shape index (κ1) is 14.3. The summed E-state index contributed by atoms with van der Waals surface area (Å²) in [5, 5.41) is 3.08. The minimum absolute atomic E-state index is 0.0322. The van der Waals surface area contributed by atoms with Crippen LogP contribution in [0.3, 0.4) is 0 Å². The summed E-state index contributed by atoms with van der Waals surface area (Å²) in [7, 11) is 0. The predicted octanol–water partition coefficient (Wildman–Crippen LogP) is 4.43. The van der Waals surface area contributed by atoms with E-state index in [1.54, 1.807) is 0 Å². The van der Waals surface area contributed by atoms with E-state index in [2.05, 4.69) is 18.3 Å². The van der Waals surface area contributed by atoms with Crippen molar-refractivity contribution in [3.63, 3.8) is 0 Å². The minimum atomic E-state index is -0.0322. The largest absolute Gasteiger partial charge is 0.321 e. The molecule has 2 rings (SSSR count). The Morgan fingerprint density at radius 1 is 1.00 bits per heavy atom. The van der Waals surface area contributed by atoms with Crippen molar-refractivity contribution >= 4 is 11.6 Å². The maximum absolute atomic E-state index is 12.5. The summed E-state index contributed by atoms with van der Waals surface area (Å²) in [4.78, 5) is 12.5. The van der Waals surface area contributed by atoms with E-state index in [9.17, 15) is 4.79 Å². The van der Waals surface area contributed by atoms with E-state index in [4.69, 9.17) is 0 Å². The summed E-state index contributed by atoms with van der Waals surface area (Å²) in [5.74, 6) is -0.0322. The van der Waals surface area contributed by atoms with Crippen LogP contribution in [0.1, 0.15) is 39.5 Å². The van der Waals surface area contributed by atoms with Gasteiger partial charge in [0.25, 0.3) is 5.91 Å². The van der Waals surface area contributed by atoms with Crippen molar-refractivity contribution in [2.24, 2.45) is 0 Å². The molecule has 0 aromatic heterocycles. The number of carbonyl (C=O) groups is 1. The molecule has 0 unspecified atom stereocenters. The molecule has 2 aromatic rings. The Labute approximate surface area is 120 Å². The van der Waals surface area contributed by atoms with Crippen molar-refractivity contribution in [3.05, 3.63) is 64.2 Å². The molecule has 0 aliphatic carbocycles. The highest BCUT2D eigenvalue weighted by molar-refractivity contribution is 6.06. The lowest BCUT2D eigenvalue weighted by Crippen LogP contribution is -2.16. The second-order valence-electron chi connectivity index (χ2n) is 5.16. The molecular formula is C18H21NO. The fourth-order valence-corrected chi connectivity index (χ4v) is 2.38. The van der Waals surface area contributed by atoms with Crippen LogP contribution in [0.2, 0.25) is 0 Å². The van der Waals surface area contributed by atoms with E-state index >= 15 is 0 Å². The van der Waals surface area contributed by atoms with Crippen LogP contribution in [-0.2, 0) is 6.42 Å². The van der Waals surface area contributed by atoms with Crippen LogP contribution in [0.25, 0.3) is 0 Å². The lowest BCUT2D eigenvalue weighted by atomic mass is 10.0. The standard InChI is InChI=1S/C18H21NO/c1-5-15-10-6-9-13(3)17(15)19-18(20)16-11-7-8-12(2)14(16)4/h6-11H,5H2,1-4H3,(H,19,20). The average molecular weight is 267 g/mol. The van der Waals surface area contributed by atoms with Gasteiger partial charge in [-0.1, -0.05) is 37.3 Å². The Bertz CT molecular complexity index is 644. The molecule has 1 amide bonds. The first-order valence-electron chi connectivity index (χ1n) is 7.00. The number of aryl methyl sites for hydroxylation is 3. The van der Waals surface area contributed by atoms with Gasteiger partial charge in [-0.05, 0) is 55.5 Å². The number of rotatable bonds is 3. The maximum Gasteiger partial charge on any atom is 0.255 e. The molecule has 0 atom stereocenters. The molecule has 0 aliphatic rings. The highest BCUT2D eigenvalue weighted by Crippen LogP contribution is 2.23. The lowest BCUT2D eigenvalue weighted by molar-refractivity contribution is 0.102. The summed E-state index contributed by atoms with van der Waals surface area (Å²) in [6, 6.07) is 11.9. The third-order valence-electron chi connectivity index (χ3n) is 3.83. The summed E-state index contributed by atoms with van der Waals surface area (Å²) in [6.45, 7) is 8.14. The summed E-state index contributed by atoms with van der Waals surface area (Å²) < 4.78 is 0. The van der Waals surface area contributed by atoms with E-state index in [1.165, 1.54) is 5.56 Å². The molecule has 2 nitrogen and oxygen atoms in total. The van der Waals surface area contributed by atoms with Gasteiger partial charge in [0.2, 0.25) is 0 Å². The SMILES string of the molecule is CCc1cccc(C)c1NC(=O)c1cccc(C)c1C. The molecule has 104 valence electrons. The number of anilines is 1. The molecule has 0 saturated heterocycles. The van der Waals surface area contributed by atoms with Crippen LogP contribution in [0.15, 0.2) is 36.4 Å². The monoisotopic (exact) mass is 267 g/mol. The Morgan fingerprint density at radius 3 is 2.35 bits per heavy atom. The number of para-hydroxylation sites is 1. The van der Waals surface area contributed by atoms with Crippen molar-refractivity contribution in [2.75, 3.05) is 5.32 Å². The van der Waals surface area contributed by atoms with E-state index in [-0.39, 0.29) is 5.91 Å². The van der Waals surface area contributed by atoms with Crippen molar-refractivity contribution in [2.45, 2.75) is 34.1 Å². The zero-order valence-electron chi connectivity index (χ0n) is 12.6. The second kappa shape index (κ2) is 5.91. The molecule has 0 spiro atoms. The molecule has 0 aliphatic heterocycles. The van der Waals surface area contributed by atoms with Gasteiger partial charge in [-0.3, -0.25) is 4.79 Å². The van der Waals surface area contributed by atoms with Gasteiger partial charge >= 0.3 is 0 Å². The molecule has 2 heteroatoms. The van der Waals surface area contributed by atoms with Gasteiger partial charge in [0.1, 0.15) is 0 Å². The fraction of sp³-hybridized carbons (Fsp3) is 0.278. The predicted molar refractivity (Wildman–Crippen MR) is 84.4 cm³/mol. The highest BCUT2D eigenvalue weighted by Gasteiger charge is 2.13. The molecule has 0 saturated carbocycles. The molecule has 2 aromatic carbocycles. The van der Waals surface area contributed by atoms with Crippen LogP contribution in [0, 0.1) is 20.8 Å². The number of hydrogen-bond acceptors (Lipinski definition) is 1. The molecule has 0 heterocycles. The molecule has 0 fully saturated rings. The van der Waals surface area contributed by atoms with Gasteiger partial charge in [0.05, 0.1) is 0 Å². The number of carbonyl (C=O) groups excluding carboxylic acids is 1. The first-order valence-corrected chi connectivity index (χ1v) is 7.00. The first-order chi connectivity index (χ1) is 9.54. The van der Waals surface area contributed by atoms with Crippen molar-refractivity contribution in [1.82, 2.24) is 0 Å². The highest BCUT2D eigenvalue weighted by atomic mass is 16.1. The smallest absolute Gasteiger partial charge is 0.255 e. The van der Waals surface area contributed by atoms with Gasteiger partial charge in [-0.25, -0.2) is 0 Å². The molecule has 0 radical (unpaired) electrons. The van der Waals surface area contributed by atoms with Crippen molar-refractivity contribution in [1.29, 1.82) is 0 Å². The Kier molecular flexibility index (Phi) is 4.23.